The number of rotatable bonds is 8. The fourth-order valence-corrected chi connectivity index (χ4v) is 7.77. The van der Waals surface area contributed by atoms with Gasteiger partial charge >= 0.3 is 15.2 Å². The van der Waals surface area contributed by atoms with Crippen LogP contribution in [0.3, 0.4) is 0 Å². The number of aliphatic hydroxyl groups is 2. The molecule has 0 spiro atoms. The molecule has 2 bridgehead atoms. The van der Waals surface area contributed by atoms with Crippen LogP contribution in [-0.4, -0.2) is 106 Å². The number of piperidine rings is 3. The zero-order chi connectivity index (χ0) is 25.8. The summed E-state index contributed by atoms with van der Waals surface area (Å²) in [4.78, 5) is 42.8. The monoisotopic (exact) mass is 568 g/mol. The minimum Gasteiger partial charge on any atom is -0.387 e. The number of anilines is 1. The first-order valence-electron chi connectivity index (χ1n) is 11.3. The standard InChI is InChI=1S/C18H27ClN6O9P2/c19-18-22-15(21-10-5-24-3-1-9(10)2-4-24)12-16(23-18)25(7-20-12)17-14(27)13(26)11(34-17)6-33-36(31,32)8-35(28,29)30/h7,9-11,13-14,17,26-27H,1-6,8H2,(H,31,32)(H,21,22,23)(H2,28,29,30). The van der Waals surface area contributed by atoms with Crippen molar-refractivity contribution in [3.63, 3.8) is 0 Å². The first kappa shape index (κ1) is 26.4. The topological polar surface area (TPSA) is 213 Å². The van der Waals surface area contributed by atoms with Crippen LogP contribution in [0, 0.1) is 5.92 Å². The molecule has 200 valence electrons. The van der Waals surface area contributed by atoms with E-state index in [4.69, 9.17) is 30.6 Å². The zero-order valence-electron chi connectivity index (χ0n) is 18.9. The number of aliphatic hydroxyl groups excluding tert-OH is 2. The highest BCUT2D eigenvalue weighted by molar-refractivity contribution is 7.70. The Labute approximate surface area is 210 Å². The van der Waals surface area contributed by atoms with Gasteiger partial charge in [-0.15, -0.1) is 0 Å². The summed E-state index contributed by atoms with van der Waals surface area (Å²) in [6.07, 6.45) is -1.98. The smallest absolute Gasteiger partial charge is 0.340 e. The molecule has 0 amide bonds. The molecule has 15 nitrogen and oxygen atoms in total. The molecule has 0 saturated carbocycles. The normalized spacial score (nSPS) is 34.2. The van der Waals surface area contributed by atoms with Crippen molar-refractivity contribution in [1.29, 1.82) is 0 Å². The molecule has 0 aliphatic carbocycles. The molecule has 2 aromatic rings. The minimum atomic E-state index is -4.82. The summed E-state index contributed by atoms with van der Waals surface area (Å²) in [5.41, 5.74) is 0.633. The summed E-state index contributed by atoms with van der Waals surface area (Å²) in [7, 11) is -9.49. The maximum atomic E-state index is 11.9. The second kappa shape index (κ2) is 9.83. The van der Waals surface area contributed by atoms with Crippen LogP contribution in [0.2, 0.25) is 5.28 Å². The van der Waals surface area contributed by atoms with E-state index in [1.54, 1.807) is 0 Å². The molecule has 4 aliphatic heterocycles. The molecule has 4 saturated heterocycles. The molecule has 0 aromatic carbocycles. The van der Waals surface area contributed by atoms with Crippen LogP contribution in [0.5, 0.6) is 0 Å². The van der Waals surface area contributed by atoms with Crippen LogP contribution in [0.4, 0.5) is 5.82 Å². The molecule has 6 N–H and O–H groups in total. The van der Waals surface area contributed by atoms with Gasteiger partial charge in [0.15, 0.2) is 29.1 Å². The molecule has 6 unspecified atom stereocenters. The molecular weight excluding hydrogens is 542 g/mol. The Balaban J connectivity index is 1.34. The third-order valence-electron chi connectivity index (χ3n) is 6.79. The number of hydrogen-bond donors (Lipinski definition) is 6. The molecule has 6 atom stereocenters. The van der Waals surface area contributed by atoms with E-state index >= 15 is 0 Å². The number of fused-ring (bicyclic) bond motifs is 4. The van der Waals surface area contributed by atoms with Gasteiger partial charge in [-0.25, -0.2) is 4.98 Å². The molecule has 4 aliphatic rings. The SMILES string of the molecule is O=P(O)(O)CP(=O)(O)OCC1OC(n2cnc3c(NC4CN5CCC4CC5)nc(Cl)nc32)C(O)C1O. The van der Waals surface area contributed by atoms with E-state index in [-0.39, 0.29) is 17.0 Å². The lowest BCUT2D eigenvalue weighted by Gasteiger charge is -2.45. The summed E-state index contributed by atoms with van der Waals surface area (Å²) < 4.78 is 34.7. The van der Waals surface area contributed by atoms with Crippen LogP contribution >= 0.6 is 26.8 Å². The average molecular weight is 569 g/mol. The molecule has 6 heterocycles. The van der Waals surface area contributed by atoms with Gasteiger partial charge in [-0.1, -0.05) is 0 Å². The van der Waals surface area contributed by atoms with Crippen LogP contribution in [0.15, 0.2) is 6.33 Å². The van der Waals surface area contributed by atoms with Crippen molar-refractivity contribution in [1.82, 2.24) is 24.4 Å². The summed E-state index contributed by atoms with van der Waals surface area (Å²) >= 11 is 6.19. The zero-order valence-corrected chi connectivity index (χ0v) is 21.4. The Morgan fingerprint density at radius 2 is 1.89 bits per heavy atom. The van der Waals surface area contributed by atoms with Gasteiger partial charge in [0.25, 0.3) is 0 Å². The van der Waals surface area contributed by atoms with Crippen molar-refractivity contribution in [2.24, 2.45) is 5.92 Å². The summed E-state index contributed by atoms with van der Waals surface area (Å²) in [6, 6.07) is 0.172. The second-order valence-corrected chi connectivity index (χ2v) is 13.7. The predicted molar refractivity (Wildman–Crippen MR) is 126 cm³/mol. The van der Waals surface area contributed by atoms with Gasteiger partial charge in [0, 0.05) is 12.6 Å². The summed E-state index contributed by atoms with van der Waals surface area (Å²) in [6.45, 7) is 2.33. The predicted octanol–water partition coefficient (Wildman–Crippen LogP) is -0.0578. The molecule has 6 rings (SSSR count). The van der Waals surface area contributed by atoms with Gasteiger partial charge in [-0.2, -0.15) is 9.97 Å². The highest BCUT2D eigenvalue weighted by Crippen LogP contribution is 2.55. The van der Waals surface area contributed by atoms with Crippen molar-refractivity contribution in [3.05, 3.63) is 11.6 Å². The Morgan fingerprint density at radius 3 is 2.53 bits per heavy atom. The van der Waals surface area contributed by atoms with E-state index in [0.717, 1.165) is 32.5 Å². The molecule has 2 aromatic heterocycles. The highest BCUT2D eigenvalue weighted by atomic mass is 35.5. The Kier molecular flexibility index (Phi) is 7.20. The average Bonchev–Trinajstić information content (AvgIpc) is 3.33. The second-order valence-electron chi connectivity index (χ2n) is 9.34. The van der Waals surface area contributed by atoms with Gasteiger partial charge in [0.2, 0.25) is 5.28 Å². The first-order chi connectivity index (χ1) is 16.9. The van der Waals surface area contributed by atoms with Crippen molar-refractivity contribution in [2.45, 2.75) is 43.4 Å². The molecular formula is C18H27ClN6O9P2. The van der Waals surface area contributed by atoms with Gasteiger partial charge in [-0.05, 0) is 43.5 Å². The van der Waals surface area contributed by atoms with E-state index < -0.39 is 52.2 Å². The lowest BCUT2D eigenvalue weighted by atomic mass is 9.84. The number of nitrogens with one attached hydrogen (secondary N) is 1. The largest absolute Gasteiger partial charge is 0.387 e. The highest BCUT2D eigenvalue weighted by Gasteiger charge is 2.46. The third kappa shape index (κ3) is 5.47. The molecule has 0 radical (unpaired) electrons. The Morgan fingerprint density at radius 1 is 1.17 bits per heavy atom. The summed E-state index contributed by atoms with van der Waals surface area (Å²) in [5.74, 6) is -0.440. The van der Waals surface area contributed by atoms with Crippen molar-refractivity contribution in [2.75, 3.05) is 37.5 Å². The van der Waals surface area contributed by atoms with Crippen molar-refractivity contribution >= 4 is 43.8 Å². The van der Waals surface area contributed by atoms with Crippen LogP contribution in [0.1, 0.15) is 19.1 Å². The first-order valence-corrected chi connectivity index (χ1v) is 15.3. The maximum absolute atomic E-state index is 11.9. The molecule has 4 fully saturated rings. The number of hydrogen-bond acceptors (Lipinski definition) is 11. The third-order valence-corrected chi connectivity index (χ3v) is 10.4. The quantitative estimate of drug-likeness (QED) is 0.182. The van der Waals surface area contributed by atoms with E-state index in [1.165, 1.54) is 10.9 Å². The van der Waals surface area contributed by atoms with Gasteiger partial charge in [0.05, 0.1) is 12.9 Å². The van der Waals surface area contributed by atoms with Crippen LogP contribution < -0.4 is 5.32 Å². The maximum Gasteiger partial charge on any atom is 0.340 e. The Bertz CT molecular complexity index is 1220. The van der Waals surface area contributed by atoms with Crippen LogP contribution in [-0.2, 0) is 18.4 Å². The number of nitrogens with zero attached hydrogens (tertiary/aromatic N) is 5. The number of imidazole rings is 1. The van der Waals surface area contributed by atoms with Gasteiger partial charge in [0.1, 0.15) is 18.3 Å². The Hall–Kier alpha value is -1.22. The number of halogens is 1. The van der Waals surface area contributed by atoms with E-state index in [2.05, 4.69) is 25.2 Å². The van der Waals surface area contributed by atoms with Crippen LogP contribution in [0.25, 0.3) is 11.2 Å². The lowest BCUT2D eigenvalue weighted by molar-refractivity contribution is -0.0483. The summed E-state index contributed by atoms with van der Waals surface area (Å²) in [5, 5.41) is 24.4. The van der Waals surface area contributed by atoms with Crippen molar-refractivity contribution in [3.8, 4) is 0 Å². The van der Waals surface area contributed by atoms with Gasteiger partial charge < -0.3 is 44.4 Å². The van der Waals surface area contributed by atoms with E-state index in [9.17, 15) is 24.2 Å². The molecule has 18 heteroatoms. The minimum absolute atomic E-state index is 0.0559. The molecule has 36 heavy (non-hydrogen) atoms. The van der Waals surface area contributed by atoms with Crippen molar-refractivity contribution < 1.29 is 43.3 Å². The number of ether oxygens (including phenoxy) is 1. The van der Waals surface area contributed by atoms with Gasteiger partial charge in [-0.3, -0.25) is 13.7 Å². The van der Waals surface area contributed by atoms with E-state index in [0.29, 0.717) is 17.3 Å². The fraction of sp³-hybridized carbons (Fsp3) is 0.722. The van der Waals surface area contributed by atoms with E-state index in [1.807, 2.05) is 0 Å². The lowest BCUT2D eigenvalue weighted by Crippen LogP contribution is -2.53. The number of aromatic nitrogens is 4. The fourth-order valence-electron chi connectivity index (χ4n) is 5.04.